The van der Waals surface area contributed by atoms with E-state index in [0.29, 0.717) is 5.56 Å². The van der Waals surface area contributed by atoms with Crippen molar-refractivity contribution < 1.29 is 83.9 Å². The van der Waals surface area contributed by atoms with Crippen LogP contribution in [-0.2, 0) is 23.7 Å². The van der Waals surface area contributed by atoms with Crippen molar-refractivity contribution in [1.82, 2.24) is 0 Å². The van der Waals surface area contributed by atoms with Crippen LogP contribution in [0.5, 0.6) is 17.2 Å². The van der Waals surface area contributed by atoms with Gasteiger partial charge in [-0.25, -0.2) is 0 Å². The second-order valence-corrected chi connectivity index (χ2v) is 12.8. The SMILES string of the molecule is C[C@@H]1O[C@@H](OC[C@H]2O[C@@H](Oc3cc(O)c4c(=O)cc(-c5ccc(O)cc5)oc4c3)[C@H](O[C@@H]3O[C@@H](C)[C@H](O)[C@@H](O)[C@H]3O)[C@@H](O)[C@@H]2O)[C@H](O)[C@H](O)[C@H]1O. The molecule has 1 aromatic heterocycles. The molecular weight excluding hydrogens is 684 g/mol. The number of rotatable bonds is 8. The molecule has 0 aliphatic carbocycles. The van der Waals surface area contributed by atoms with Gasteiger partial charge in [-0.15, -0.1) is 0 Å². The molecule has 6 rings (SSSR count). The van der Waals surface area contributed by atoms with Crippen LogP contribution in [0.25, 0.3) is 22.3 Å². The minimum Gasteiger partial charge on any atom is -0.508 e. The van der Waals surface area contributed by atoms with Crippen LogP contribution >= 0.6 is 0 Å². The topological polar surface area (TPSA) is 288 Å². The van der Waals surface area contributed by atoms with Gasteiger partial charge < -0.3 is 83.9 Å². The van der Waals surface area contributed by atoms with E-state index >= 15 is 0 Å². The maximum atomic E-state index is 13.0. The number of aromatic hydroxyl groups is 2. The first-order valence-corrected chi connectivity index (χ1v) is 16.1. The Bertz CT molecular complexity index is 1710. The summed E-state index contributed by atoms with van der Waals surface area (Å²) in [6.07, 6.45) is -23.4. The Morgan fingerprint density at radius 3 is 1.92 bits per heavy atom. The molecule has 3 aromatic rings. The Morgan fingerprint density at radius 1 is 0.667 bits per heavy atom. The summed E-state index contributed by atoms with van der Waals surface area (Å²) in [6, 6.07) is 9.22. The van der Waals surface area contributed by atoms with Gasteiger partial charge in [-0.1, -0.05) is 0 Å². The van der Waals surface area contributed by atoms with E-state index in [9.17, 15) is 55.9 Å². The fourth-order valence-corrected chi connectivity index (χ4v) is 6.12. The van der Waals surface area contributed by atoms with Gasteiger partial charge in [0.1, 0.15) is 88.9 Å². The normalized spacial score (nSPS) is 38.8. The largest absolute Gasteiger partial charge is 0.508 e. The molecule has 0 unspecified atom stereocenters. The Morgan fingerprint density at radius 2 is 1.27 bits per heavy atom. The molecule has 0 saturated carbocycles. The third-order valence-corrected chi connectivity index (χ3v) is 9.16. The van der Waals surface area contributed by atoms with Crippen LogP contribution in [0, 0.1) is 0 Å². The fraction of sp³-hybridized carbons (Fsp3) is 0.545. The molecule has 280 valence electrons. The monoisotopic (exact) mass is 724 g/mol. The number of aliphatic hydroxyl groups is 8. The Kier molecular flexibility index (Phi) is 10.9. The lowest BCUT2D eigenvalue weighted by molar-refractivity contribution is -0.360. The molecule has 3 aliphatic heterocycles. The van der Waals surface area contributed by atoms with Crippen molar-refractivity contribution in [1.29, 1.82) is 0 Å². The molecule has 3 aliphatic rings. The average molecular weight is 725 g/mol. The number of benzene rings is 2. The van der Waals surface area contributed by atoms with Crippen LogP contribution < -0.4 is 10.2 Å². The van der Waals surface area contributed by atoms with Gasteiger partial charge in [-0.3, -0.25) is 4.79 Å². The van der Waals surface area contributed by atoms with E-state index in [1.165, 1.54) is 44.2 Å². The molecule has 0 spiro atoms. The van der Waals surface area contributed by atoms with Crippen LogP contribution in [0.15, 0.2) is 51.7 Å². The van der Waals surface area contributed by atoms with Crippen molar-refractivity contribution in [2.24, 2.45) is 0 Å². The molecule has 3 fully saturated rings. The van der Waals surface area contributed by atoms with Crippen LogP contribution in [0.1, 0.15) is 13.8 Å². The first-order chi connectivity index (χ1) is 24.1. The summed E-state index contributed by atoms with van der Waals surface area (Å²) in [7, 11) is 0. The van der Waals surface area contributed by atoms with Gasteiger partial charge in [0.2, 0.25) is 6.29 Å². The highest BCUT2D eigenvalue weighted by atomic mass is 16.8. The molecule has 4 heterocycles. The summed E-state index contributed by atoms with van der Waals surface area (Å²) in [5.74, 6) is -0.682. The molecule has 2 aromatic carbocycles. The maximum Gasteiger partial charge on any atom is 0.229 e. The van der Waals surface area contributed by atoms with Crippen LogP contribution in [0.4, 0.5) is 0 Å². The Labute approximate surface area is 288 Å². The quantitative estimate of drug-likeness (QED) is 0.117. The highest BCUT2D eigenvalue weighted by Crippen LogP contribution is 2.35. The summed E-state index contributed by atoms with van der Waals surface area (Å²) >= 11 is 0. The van der Waals surface area contributed by atoms with Gasteiger partial charge >= 0.3 is 0 Å². The first kappa shape index (κ1) is 37.3. The van der Waals surface area contributed by atoms with Crippen molar-refractivity contribution in [3.05, 3.63) is 52.7 Å². The number of phenols is 2. The van der Waals surface area contributed by atoms with Crippen LogP contribution in [-0.4, -0.2) is 150 Å². The third kappa shape index (κ3) is 7.42. The van der Waals surface area contributed by atoms with Crippen molar-refractivity contribution in [2.75, 3.05) is 6.61 Å². The van der Waals surface area contributed by atoms with Gasteiger partial charge in [-0.05, 0) is 38.1 Å². The number of hydrogen-bond donors (Lipinski definition) is 10. The summed E-state index contributed by atoms with van der Waals surface area (Å²) < 4.78 is 40.1. The van der Waals surface area contributed by atoms with Crippen molar-refractivity contribution >= 4 is 11.0 Å². The average Bonchev–Trinajstić information content (AvgIpc) is 3.09. The minimum absolute atomic E-state index is 0.0184. The fourth-order valence-electron chi connectivity index (χ4n) is 6.12. The highest BCUT2D eigenvalue weighted by Gasteiger charge is 2.52. The van der Waals surface area contributed by atoms with E-state index in [1.54, 1.807) is 0 Å². The van der Waals surface area contributed by atoms with E-state index < -0.39 is 110 Å². The lowest BCUT2D eigenvalue weighted by Crippen LogP contribution is -2.65. The van der Waals surface area contributed by atoms with E-state index in [2.05, 4.69) is 0 Å². The number of phenolic OH excluding ortho intramolecular Hbond substituents is 2. The number of fused-ring (bicyclic) bond motifs is 1. The molecular formula is C33H40O18. The Hall–Kier alpha value is -3.47. The smallest absolute Gasteiger partial charge is 0.229 e. The van der Waals surface area contributed by atoms with Crippen molar-refractivity contribution in [3.8, 4) is 28.6 Å². The van der Waals surface area contributed by atoms with E-state index in [1.807, 2.05) is 0 Å². The zero-order valence-electron chi connectivity index (χ0n) is 27.1. The predicted molar refractivity (Wildman–Crippen MR) is 168 cm³/mol. The maximum absolute atomic E-state index is 13.0. The third-order valence-electron chi connectivity index (χ3n) is 9.16. The predicted octanol–water partition coefficient (Wildman–Crippen LogP) is -2.25. The Balaban J connectivity index is 1.30. The van der Waals surface area contributed by atoms with Crippen LogP contribution in [0.3, 0.4) is 0 Å². The molecule has 15 atom stereocenters. The summed E-state index contributed by atoms with van der Waals surface area (Å²) in [4.78, 5) is 13.0. The highest BCUT2D eigenvalue weighted by molar-refractivity contribution is 5.86. The zero-order chi connectivity index (χ0) is 36.9. The molecule has 18 nitrogen and oxygen atoms in total. The zero-order valence-corrected chi connectivity index (χ0v) is 27.1. The van der Waals surface area contributed by atoms with Gasteiger partial charge in [-0.2, -0.15) is 0 Å². The van der Waals surface area contributed by atoms with Gasteiger partial charge in [0.15, 0.2) is 24.1 Å². The summed E-state index contributed by atoms with van der Waals surface area (Å²) in [6.45, 7) is 2.25. The molecule has 0 radical (unpaired) electrons. The van der Waals surface area contributed by atoms with E-state index in [-0.39, 0.29) is 28.2 Å². The molecule has 0 bridgehead atoms. The van der Waals surface area contributed by atoms with Crippen molar-refractivity contribution in [2.45, 2.75) is 106 Å². The first-order valence-electron chi connectivity index (χ1n) is 16.1. The van der Waals surface area contributed by atoms with Gasteiger partial charge in [0, 0.05) is 23.8 Å². The molecule has 51 heavy (non-hydrogen) atoms. The second-order valence-electron chi connectivity index (χ2n) is 12.8. The van der Waals surface area contributed by atoms with E-state index in [0.717, 1.165) is 12.1 Å². The second kappa shape index (κ2) is 14.9. The molecule has 0 amide bonds. The lowest BCUT2D eigenvalue weighted by Gasteiger charge is -2.46. The van der Waals surface area contributed by atoms with Gasteiger partial charge in [0.05, 0.1) is 18.8 Å². The molecule has 10 N–H and O–H groups in total. The van der Waals surface area contributed by atoms with Crippen molar-refractivity contribution in [3.63, 3.8) is 0 Å². The lowest BCUT2D eigenvalue weighted by atomic mass is 9.97. The molecule has 18 heteroatoms. The number of hydrogen-bond acceptors (Lipinski definition) is 18. The minimum atomic E-state index is -1.89. The number of aliphatic hydroxyl groups excluding tert-OH is 8. The van der Waals surface area contributed by atoms with E-state index in [4.69, 9.17) is 32.8 Å². The van der Waals surface area contributed by atoms with Crippen LogP contribution in [0.2, 0.25) is 0 Å². The summed E-state index contributed by atoms with van der Waals surface area (Å²) in [5, 5.41) is 104. The molecule has 3 saturated heterocycles. The van der Waals surface area contributed by atoms with Gasteiger partial charge in [0.25, 0.3) is 0 Å². The number of ether oxygens (including phenoxy) is 6. The standard InChI is InChI=1S/C33H40O18/c1-11-22(37)25(40)28(43)31(46-11)45-10-20-24(39)27(42)30(51-32-29(44)26(41)23(38)12(2)47-32)33(50-20)48-15-7-16(35)21-17(36)9-18(49-19(21)8-15)13-3-5-14(34)6-4-13/h3-9,11-12,20,22-35,37-44H,10H2,1-2H3/t11-,12-,20+,22-,23-,24+,25+,26+,27-,28+,29+,30+,31+,32-,33+/m0/s1. The summed E-state index contributed by atoms with van der Waals surface area (Å²) in [5.41, 5.74) is -0.311.